The predicted molar refractivity (Wildman–Crippen MR) is 70.4 cm³/mol. The molecule has 0 unspecified atom stereocenters. The van der Waals surface area contributed by atoms with Crippen LogP contribution in [0.3, 0.4) is 0 Å². The maximum Gasteiger partial charge on any atom is 0.374 e. The van der Waals surface area contributed by atoms with Gasteiger partial charge in [0.05, 0.1) is 13.3 Å². The Morgan fingerprint density at radius 2 is 2.09 bits per heavy atom. The minimum atomic E-state index is -4.29. The number of furan rings is 1. The first kappa shape index (κ1) is 15.7. The van der Waals surface area contributed by atoms with Gasteiger partial charge in [0, 0.05) is 18.7 Å². The summed E-state index contributed by atoms with van der Waals surface area (Å²) in [4.78, 5) is 23.2. The Bertz CT molecular complexity index is 835. The first-order valence-corrected chi connectivity index (χ1v) is 7.35. The van der Waals surface area contributed by atoms with Gasteiger partial charge in [-0.25, -0.2) is 9.52 Å². The van der Waals surface area contributed by atoms with Crippen LogP contribution < -0.4 is 4.72 Å². The van der Waals surface area contributed by atoms with Crippen molar-refractivity contribution in [3.8, 4) is 0 Å². The molecule has 0 radical (unpaired) electrons. The highest BCUT2D eigenvalue weighted by Gasteiger charge is 2.27. The standard InChI is InChI=1S/C11H12N4O6S/c1-6-4-8(21-9(6)11(17)20-3)22(18,19)13-10(16)7-5-15(2)14-12-7/h4-5H,1-3H3,(H,13,16). The van der Waals surface area contributed by atoms with Crippen molar-refractivity contribution < 1.29 is 27.2 Å². The Labute approximate surface area is 125 Å². The molecule has 2 aromatic rings. The van der Waals surface area contributed by atoms with Crippen molar-refractivity contribution in [2.75, 3.05) is 7.11 Å². The van der Waals surface area contributed by atoms with E-state index in [4.69, 9.17) is 4.42 Å². The number of nitrogens with zero attached hydrogens (tertiary/aromatic N) is 3. The van der Waals surface area contributed by atoms with Crippen LogP contribution in [0.5, 0.6) is 0 Å². The van der Waals surface area contributed by atoms with Gasteiger partial charge in [-0.05, 0) is 6.92 Å². The second-order valence-corrected chi connectivity index (χ2v) is 5.89. The quantitative estimate of drug-likeness (QED) is 0.751. The fourth-order valence-corrected chi connectivity index (χ4v) is 2.53. The number of ether oxygens (including phenoxy) is 1. The zero-order chi connectivity index (χ0) is 16.5. The summed E-state index contributed by atoms with van der Waals surface area (Å²) in [5.41, 5.74) is 0.0849. The molecule has 11 heteroatoms. The SMILES string of the molecule is COC(=O)c1oc(S(=O)(=O)NC(=O)c2cn(C)nn2)cc1C. The minimum Gasteiger partial charge on any atom is -0.463 e. The molecule has 22 heavy (non-hydrogen) atoms. The van der Waals surface area contributed by atoms with Crippen molar-refractivity contribution in [3.63, 3.8) is 0 Å². The van der Waals surface area contributed by atoms with E-state index >= 15 is 0 Å². The molecule has 0 aliphatic heterocycles. The molecular formula is C11H12N4O6S. The number of nitrogens with one attached hydrogen (secondary N) is 1. The molecule has 1 N–H and O–H groups in total. The molecule has 0 atom stereocenters. The molecule has 1 amide bonds. The largest absolute Gasteiger partial charge is 0.463 e. The van der Waals surface area contributed by atoms with Gasteiger partial charge in [0.15, 0.2) is 5.69 Å². The van der Waals surface area contributed by atoms with Crippen LogP contribution in [0.1, 0.15) is 26.6 Å². The second-order valence-electron chi connectivity index (χ2n) is 4.28. The summed E-state index contributed by atoms with van der Waals surface area (Å²) < 4.78 is 36.6. The molecule has 0 fully saturated rings. The third kappa shape index (κ3) is 2.98. The number of methoxy groups -OCH3 is 1. The van der Waals surface area contributed by atoms with Crippen LogP contribution in [0.2, 0.25) is 0 Å². The van der Waals surface area contributed by atoms with Crippen LogP contribution in [0, 0.1) is 6.92 Å². The van der Waals surface area contributed by atoms with E-state index in [0.717, 1.165) is 13.2 Å². The summed E-state index contributed by atoms with van der Waals surface area (Å²) in [6.45, 7) is 1.47. The third-order valence-electron chi connectivity index (χ3n) is 2.59. The maximum absolute atomic E-state index is 12.1. The second kappa shape index (κ2) is 5.60. The number of carbonyl (C=O) groups excluding carboxylic acids is 2. The summed E-state index contributed by atoms with van der Waals surface area (Å²) in [6.07, 6.45) is 1.25. The lowest BCUT2D eigenvalue weighted by Gasteiger charge is -2.01. The lowest BCUT2D eigenvalue weighted by atomic mass is 10.3. The van der Waals surface area contributed by atoms with Gasteiger partial charge in [0.25, 0.3) is 15.9 Å². The Morgan fingerprint density at radius 3 is 2.64 bits per heavy atom. The predicted octanol–water partition coefficient (Wildman–Crippen LogP) is -0.378. The van der Waals surface area contributed by atoms with E-state index in [-0.39, 0.29) is 17.0 Å². The normalized spacial score (nSPS) is 11.2. The van der Waals surface area contributed by atoms with Gasteiger partial charge in [-0.15, -0.1) is 5.10 Å². The molecular weight excluding hydrogens is 316 g/mol. The van der Waals surface area contributed by atoms with Gasteiger partial charge in [0.2, 0.25) is 10.9 Å². The highest BCUT2D eigenvalue weighted by molar-refractivity contribution is 7.90. The van der Waals surface area contributed by atoms with Gasteiger partial charge >= 0.3 is 5.97 Å². The van der Waals surface area contributed by atoms with E-state index < -0.39 is 27.0 Å². The zero-order valence-corrected chi connectivity index (χ0v) is 12.7. The van der Waals surface area contributed by atoms with Gasteiger partial charge < -0.3 is 9.15 Å². The lowest BCUT2D eigenvalue weighted by molar-refractivity contribution is 0.0558. The van der Waals surface area contributed by atoms with E-state index in [1.807, 2.05) is 0 Å². The minimum absolute atomic E-state index is 0.178. The number of rotatable bonds is 4. The number of aryl methyl sites for hydroxylation is 2. The third-order valence-corrected chi connectivity index (χ3v) is 3.78. The molecule has 0 aromatic carbocycles. The van der Waals surface area contributed by atoms with Crippen LogP contribution in [0.25, 0.3) is 0 Å². The fraction of sp³-hybridized carbons (Fsp3) is 0.273. The van der Waals surface area contributed by atoms with Crippen LogP contribution in [-0.2, 0) is 21.8 Å². The number of esters is 1. The Kier molecular flexibility index (Phi) is 3.99. The average molecular weight is 328 g/mol. The van der Waals surface area contributed by atoms with Gasteiger partial charge in [-0.2, -0.15) is 8.42 Å². The van der Waals surface area contributed by atoms with Crippen molar-refractivity contribution >= 4 is 21.9 Å². The van der Waals surface area contributed by atoms with E-state index in [2.05, 4.69) is 15.0 Å². The van der Waals surface area contributed by atoms with Gasteiger partial charge in [-0.1, -0.05) is 5.21 Å². The first-order valence-electron chi connectivity index (χ1n) is 5.87. The molecule has 2 heterocycles. The van der Waals surface area contributed by atoms with Crippen LogP contribution in [0.15, 0.2) is 21.8 Å². The number of hydrogen-bond donors (Lipinski definition) is 1. The summed E-state index contributed by atoms with van der Waals surface area (Å²) in [5, 5.41) is 6.43. The highest BCUT2D eigenvalue weighted by Crippen LogP contribution is 2.19. The molecule has 0 bridgehead atoms. The van der Waals surface area contributed by atoms with Crippen molar-refractivity contribution in [1.29, 1.82) is 0 Å². The Balaban J connectivity index is 2.27. The van der Waals surface area contributed by atoms with Crippen LogP contribution in [-0.4, -0.2) is 42.4 Å². The molecule has 0 saturated heterocycles. The Hall–Kier alpha value is -2.69. The number of amides is 1. The molecule has 0 spiro atoms. The maximum atomic E-state index is 12.1. The van der Waals surface area contributed by atoms with E-state index in [1.165, 1.54) is 24.9 Å². The number of hydrogen-bond acceptors (Lipinski definition) is 8. The summed E-state index contributed by atoms with van der Waals surface area (Å²) in [5.74, 6) is -2.05. The average Bonchev–Trinajstić information content (AvgIpc) is 3.04. The van der Waals surface area contributed by atoms with E-state index in [0.29, 0.717) is 0 Å². The zero-order valence-electron chi connectivity index (χ0n) is 11.9. The fourth-order valence-electron chi connectivity index (χ4n) is 1.56. The number of carbonyl (C=O) groups is 2. The molecule has 0 aliphatic rings. The summed E-state index contributed by atoms with van der Waals surface area (Å²) in [7, 11) is -1.63. The first-order chi connectivity index (χ1) is 10.2. The molecule has 0 saturated carbocycles. The molecule has 0 aliphatic carbocycles. The monoisotopic (exact) mass is 328 g/mol. The lowest BCUT2D eigenvalue weighted by Crippen LogP contribution is -2.30. The van der Waals surface area contributed by atoms with Crippen molar-refractivity contribution in [2.24, 2.45) is 7.05 Å². The van der Waals surface area contributed by atoms with Gasteiger partial charge in [-0.3, -0.25) is 9.48 Å². The van der Waals surface area contributed by atoms with Crippen LogP contribution >= 0.6 is 0 Å². The molecule has 10 nitrogen and oxygen atoms in total. The van der Waals surface area contributed by atoms with Crippen molar-refractivity contribution in [1.82, 2.24) is 19.7 Å². The summed E-state index contributed by atoms with van der Waals surface area (Å²) >= 11 is 0. The molecule has 2 aromatic heterocycles. The number of aromatic nitrogens is 3. The highest BCUT2D eigenvalue weighted by atomic mass is 32.2. The van der Waals surface area contributed by atoms with Gasteiger partial charge in [0.1, 0.15) is 0 Å². The number of sulfonamides is 1. The van der Waals surface area contributed by atoms with Crippen molar-refractivity contribution in [3.05, 3.63) is 29.3 Å². The topological polar surface area (TPSA) is 133 Å². The smallest absolute Gasteiger partial charge is 0.374 e. The summed E-state index contributed by atoms with van der Waals surface area (Å²) in [6, 6.07) is 1.11. The Morgan fingerprint density at radius 1 is 1.41 bits per heavy atom. The molecule has 118 valence electrons. The van der Waals surface area contributed by atoms with E-state index in [1.54, 1.807) is 4.72 Å². The van der Waals surface area contributed by atoms with E-state index in [9.17, 15) is 18.0 Å². The van der Waals surface area contributed by atoms with Crippen molar-refractivity contribution in [2.45, 2.75) is 12.0 Å². The van der Waals surface area contributed by atoms with Crippen LogP contribution in [0.4, 0.5) is 0 Å². The molecule has 2 rings (SSSR count).